The molecule has 4 nitrogen and oxygen atoms in total. The molecule has 1 atom stereocenters. The molecule has 8 heteroatoms. The number of ether oxygens (including phenoxy) is 4. The molecule has 0 fully saturated rings. The van der Waals surface area contributed by atoms with Crippen LogP contribution in [0, 0.1) is 12.8 Å². The first-order chi connectivity index (χ1) is 15.3. The molecule has 0 N–H and O–H groups in total. The summed E-state index contributed by atoms with van der Waals surface area (Å²) in [6.45, 7) is 7.21. The van der Waals surface area contributed by atoms with Crippen molar-refractivity contribution in [3.63, 3.8) is 0 Å². The third kappa shape index (κ3) is 8.56. The van der Waals surface area contributed by atoms with Gasteiger partial charge < -0.3 is 18.9 Å². The number of methoxy groups -OCH3 is 1. The summed E-state index contributed by atoms with van der Waals surface area (Å²) in [4.78, 5) is 1.10. The van der Waals surface area contributed by atoms with Crippen LogP contribution in [0.1, 0.15) is 31.4 Å². The normalized spacial score (nSPS) is 12.8. The largest absolute Gasteiger partial charge is 0.496 e. The minimum Gasteiger partial charge on any atom is -0.496 e. The molecule has 0 spiro atoms. The SMILES string of the molecule is CCOC(CC(COc1ccc(C(F)(F)F)cc1)CSc1ccc(OC)c(C)c1)OCC. The van der Waals surface area contributed by atoms with Gasteiger partial charge in [-0.15, -0.1) is 11.8 Å². The summed E-state index contributed by atoms with van der Waals surface area (Å²) in [5.41, 5.74) is 0.358. The van der Waals surface area contributed by atoms with Gasteiger partial charge in [-0.1, -0.05) is 0 Å². The number of benzene rings is 2. The van der Waals surface area contributed by atoms with Gasteiger partial charge in [0.05, 0.1) is 19.3 Å². The molecule has 178 valence electrons. The minimum atomic E-state index is -4.36. The molecule has 0 heterocycles. The average molecular weight is 473 g/mol. The minimum absolute atomic E-state index is 0.0628. The topological polar surface area (TPSA) is 36.9 Å². The van der Waals surface area contributed by atoms with Gasteiger partial charge in [0.15, 0.2) is 6.29 Å². The van der Waals surface area contributed by atoms with E-state index >= 15 is 0 Å². The lowest BCUT2D eigenvalue weighted by atomic mass is 10.1. The van der Waals surface area contributed by atoms with Crippen LogP contribution < -0.4 is 9.47 Å². The highest BCUT2D eigenvalue weighted by atomic mass is 32.2. The summed E-state index contributed by atoms with van der Waals surface area (Å²) in [6.07, 6.45) is -4.11. The molecule has 2 rings (SSSR count). The van der Waals surface area contributed by atoms with Crippen molar-refractivity contribution in [1.29, 1.82) is 0 Å². The Bertz CT molecular complexity index is 806. The van der Waals surface area contributed by atoms with Crippen LogP contribution in [-0.4, -0.2) is 39.0 Å². The Morgan fingerprint density at radius 2 is 1.62 bits per heavy atom. The number of rotatable bonds is 13. The zero-order valence-electron chi connectivity index (χ0n) is 18.9. The van der Waals surface area contributed by atoms with E-state index in [1.807, 2.05) is 32.9 Å². The summed E-state index contributed by atoms with van der Waals surface area (Å²) in [7, 11) is 1.64. The Morgan fingerprint density at radius 3 is 2.16 bits per heavy atom. The molecular formula is C24H31F3O4S. The van der Waals surface area contributed by atoms with Crippen LogP contribution in [0.2, 0.25) is 0 Å². The quantitative estimate of drug-likeness (QED) is 0.243. The first-order valence-electron chi connectivity index (χ1n) is 10.6. The first-order valence-corrected chi connectivity index (χ1v) is 11.6. The molecule has 2 aromatic carbocycles. The van der Waals surface area contributed by atoms with Gasteiger partial charge in [-0.3, -0.25) is 0 Å². The molecule has 0 aliphatic rings. The van der Waals surface area contributed by atoms with E-state index < -0.39 is 11.7 Å². The van der Waals surface area contributed by atoms with Gasteiger partial charge in [0.2, 0.25) is 0 Å². The van der Waals surface area contributed by atoms with Gasteiger partial charge >= 0.3 is 6.18 Å². The summed E-state index contributed by atoms with van der Waals surface area (Å²) in [5.74, 6) is 2.04. The van der Waals surface area contributed by atoms with E-state index in [9.17, 15) is 13.2 Å². The van der Waals surface area contributed by atoms with Crippen LogP contribution in [0.5, 0.6) is 11.5 Å². The van der Waals surface area contributed by atoms with E-state index in [2.05, 4.69) is 6.07 Å². The van der Waals surface area contributed by atoms with Crippen LogP contribution in [0.15, 0.2) is 47.4 Å². The Morgan fingerprint density at radius 1 is 0.969 bits per heavy atom. The fourth-order valence-electron chi connectivity index (χ4n) is 3.12. The Balaban J connectivity index is 2.05. The molecule has 0 aliphatic heterocycles. The lowest BCUT2D eigenvalue weighted by Crippen LogP contribution is -2.26. The number of aryl methyl sites for hydroxylation is 1. The standard InChI is InChI=1S/C24H31F3O4S/c1-5-29-23(30-6-2)14-18(16-32-21-11-12-22(28-4)17(3)13-21)15-31-20-9-7-19(8-10-20)24(25,26)27/h7-13,18,23H,5-6,14-16H2,1-4H3. The second-order valence-corrected chi connectivity index (χ2v) is 8.31. The van der Waals surface area contributed by atoms with Crippen molar-refractivity contribution in [1.82, 2.24) is 0 Å². The molecule has 0 bridgehead atoms. The number of halogens is 3. The second kappa shape index (κ2) is 13.0. The smallest absolute Gasteiger partial charge is 0.416 e. The van der Waals surface area contributed by atoms with E-state index in [-0.39, 0.29) is 12.2 Å². The molecule has 0 aliphatic carbocycles. The van der Waals surface area contributed by atoms with E-state index in [4.69, 9.17) is 18.9 Å². The van der Waals surface area contributed by atoms with Crippen molar-refractivity contribution < 1.29 is 32.1 Å². The first kappa shape index (κ1) is 26.4. The maximum absolute atomic E-state index is 12.8. The summed E-state index contributed by atoms with van der Waals surface area (Å²) < 4.78 is 60.9. The third-order valence-electron chi connectivity index (χ3n) is 4.75. The van der Waals surface area contributed by atoms with Gasteiger partial charge in [0, 0.05) is 36.2 Å². The van der Waals surface area contributed by atoms with Crippen LogP contribution in [0.25, 0.3) is 0 Å². The Kier molecular flexibility index (Phi) is 10.7. The van der Waals surface area contributed by atoms with Crippen molar-refractivity contribution in [2.75, 3.05) is 32.7 Å². The second-order valence-electron chi connectivity index (χ2n) is 7.22. The highest BCUT2D eigenvalue weighted by Crippen LogP contribution is 2.31. The zero-order chi connectivity index (χ0) is 23.6. The molecule has 0 amide bonds. The van der Waals surface area contributed by atoms with Crippen molar-refractivity contribution >= 4 is 11.8 Å². The molecule has 0 saturated carbocycles. The van der Waals surface area contributed by atoms with E-state index in [1.54, 1.807) is 18.9 Å². The third-order valence-corrected chi connectivity index (χ3v) is 5.98. The van der Waals surface area contributed by atoms with Crippen LogP contribution >= 0.6 is 11.8 Å². The number of hydrogen-bond donors (Lipinski definition) is 0. The van der Waals surface area contributed by atoms with Gasteiger partial charge in [-0.05, 0) is 68.8 Å². The summed E-state index contributed by atoms with van der Waals surface area (Å²) in [6, 6.07) is 10.8. The average Bonchev–Trinajstić information content (AvgIpc) is 2.75. The van der Waals surface area contributed by atoms with Gasteiger partial charge in [0.25, 0.3) is 0 Å². The predicted octanol–water partition coefficient (Wildman–Crippen LogP) is 6.60. The van der Waals surface area contributed by atoms with Crippen molar-refractivity contribution in [2.24, 2.45) is 5.92 Å². The highest BCUT2D eigenvalue weighted by Gasteiger charge is 2.30. The molecule has 0 saturated heterocycles. The van der Waals surface area contributed by atoms with Gasteiger partial charge in [0.1, 0.15) is 11.5 Å². The predicted molar refractivity (Wildman–Crippen MR) is 121 cm³/mol. The highest BCUT2D eigenvalue weighted by molar-refractivity contribution is 7.99. The molecule has 1 unspecified atom stereocenters. The molecule has 2 aromatic rings. The van der Waals surface area contributed by atoms with Crippen LogP contribution in [0.4, 0.5) is 13.2 Å². The number of alkyl halides is 3. The lowest BCUT2D eigenvalue weighted by molar-refractivity contribution is -0.146. The maximum Gasteiger partial charge on any atom is 0.416 e. The van der Waals surface area contributed by atoms with Gasteiger partial charge in [-0.25, -0.2) is 0 Å². The van der Waals surface area contributed by atoms with Crippen molar-refractivity contribution in [2.45, 2.75) is 44.6 Å². The van der Waals surface area contributed by atoms with Crippen LogP contribution in [-0.2, 0) is 15.7 Å². The Hall–Kier alpha value is -1.90. The monoisotopic (exact) mass is 472 g/mol. The van der Waals surface area contributed by atoms with E-state index in [0.717, 1.165) is 34.1 Å². The Labute approximate surface area is 192 Å². The van der Waals surface area contributed by atoms with Crippen LogP contribution in [0.3, 0.4) is 0 Å². The summed E-state index contributed by atoms with van der Waals surface area (Å²) >= 11 is 1.69. The maximum atomic E-state index is 12.8. The number of thioether (sulfide) groups is 1. The fourth-order valence-corrected chi connectivity index (χ4v) is 4.21. The number of hydrogen-bond acceptors (Lipinski definition) is 5. The van der Waals surface area contributed by atoms with E-state index in [1.165, 1.54) is 12.1 Å². The molecule has 32 heavy (non-hydrogen) atoms. The van der Waals surface area contributed by atoms with Crippen molar-refractivity contribution in [3.8, 4) is 11.5 Å². The van der Waals surface area contributed by atoms with E-state index in [0.29, 0.717) is 32.0 Å². The zero-order valence-corrected chi connectivity index (χ0v) is 19.7. The molecule has 0 radical (unpaired) electrons. The lowest BCUT2D eigenvalue weighted by Gasteiger charge is -2.24. The molecular weight excluding hydrogens is 441 g/mol. The van der Waals surface area contributed by atoms with Crippen molar-refractivity contribution in [3.05, 3.63) is 53.6 Å². The molecule has 0 aromatic heterocycles. The fraction of sp³-hybridized carbons (Fsp3) is 0.500. The summed E-state index contributed by atoms with van der Waals surface area (Å²) in [5, 5.41) is 0. The van der Waals surface area contributed by atoms with Gasteiger partial charge in [-0.2, -0.15) is 13.2 Å².